The van der Waals surface area contributed by atoms with E-state index in [9.17, 15) is 9.59 Å². The van der Waals surface area contributed by atoms with Gasteiger partial charge in [0.05, 0.1) is 16.9 Å². The summed E-state index contributed by atoms with van der Waals surface area (Å²) in [5.41, 5.74) is 0.423. The Kier molecular flexibility index (Phi) is 7.78. The highest BCUT2D eigenvalue weighted by Gasteiger charge is 2.08. The standard InChI is InChI=1S/C17H22ClN5O2/c18-15-6-2-1-5-14(15)16(24)20-8-9-22-17(25)21-7-3-4-11-23-12-10-19-13-23/h1-2,5-6,10,12-13H,3-4,7-9,11H2,(H,20,24)(H2,21,22,25). The molecule has 0 radical (unpaired) electrons. The average molecular weight is 364 g/mol. The average Bonchev–Trinajstić information content (AvgIpc) is 3.12. The molecule has 0 atom stereocenters. The number of aryl methyl sites for hydroxylation is 1. The third-order valence-electron chi connectivity index (χ3n) is 3.50. The van der Waals surface area contributed by atoms with Crippen LogP contribution in [0.5, 0.6) is 0 Å². The van der Waals surface area contributed by atoms with Gasteiger partial charge in [-0.1, -0.05) is 23.7 Å². The minimum absolute atomic E-state index is 0.241. The van der Waals surface area contributed by atoms with Crippen molar-refractivity contribution in [2.75, 3.05) is 19.6 Å². The number of benzene rings is 1. The summed E-state index contributed by atoms with van der Waals surface area (Å²) in [7, 11) is 0. The monoisotopic (exact) mass is 363 g/mol. The molecule has 7 nitrogen and oxygen atoms in total. The summed E-state index contributed by atoms with van der Waals surface area (Å²) >= 11 is 5.95. The number of urea groups is 1. The molecule has 2 rings (SSSR count). The molecule has 0 spiro atoms. The van der Waals surface area contributed by atoms with E-state index < -0.39 is 0 Å². The van der Waals surface area contributed by atoms with Gasteiger partial charge in [-0.3, -0.25) is 4.79 Å². The molecule has 3 N–H and O–H groups in total. The van der Waals surface area contributed by atoms with Crippen LogP contribution >= 0.6 is 11.6 Å². The molecule has 0 aliphatic rings. The number of hydrogen-bond acceptors (Lipinski definition) is 3. The van der Waals surface area contributed by atoms with Gasteiger partial charge in [-0.15, -0.1) is 0 Å². The molecule has 2 aromatic rings. The normalized spacial score (nSPS) is 10.3. The lowest BCUT2D eigenvalue weighted by Crippen LogP contribution is -2.40. The summed E-state index contributed by atoms with van der Waals surface area (Å²) in [5.74, 6) is -0.257. The van der Waals surface area contributed by atoms with Crippen LogP contribution in [-0.4, -0.2) is 41.1 Å². The number of hydrogen-bond donors (Lipinski definition) is 3. The first-order chi connectivity index (χ1) is 12.2. The Morgan fingerprint density at radius 3 is 2.56 bits per heavy atom. The van der Waals surface area contributed by atoms with Gasteiger partial charge in [-0.25, -0.2) is 9.78 Å². The zero-order valence-corrected chi connectivity index (χ0v) is 14.6. The van der Waals surface area contributed by atoms with Crippen molar-refractivity contribution >= 4 is 23.5 Å². The van der Waals surface area contributed by atoms with Crippen molar-refractivity contribution in [3.8, 4) is 0 Å². The van der Waals surface area contributed by atoms with E-state index >= 15 is 0 Å². The van der Waals surface area contributed by atoms with Crippen LogP contribution in [0.1, 0.15) is 23.2 Å². The molecule has 0 fully saturated rings. The Morgan fingerprint density at radius 2 is 1.80 bits per heavy atom. The van der Waals surface area contributed by atoms with Crippen LogP contribution in [0, 0.1) is 0 Å². The molecule has 0 saturated carbocycles. The first-order valence-corrected chi connectivity index (χ1v) is 8.55. The van der Waals surface area contributed by atoms with E-state index in [1.54, 1.807) is 36.8 Å². The topological polar surface area (TPSA) is 88.1 Å². The fourth-order valence-corrected chi connectivity index (χ4v) is 2.42. The number of amides is 3. The van der Waals surface area contributed by atoms with Gasteiger partial charge in [0, 0.05) is 38.6 Å². The smallest absolute Gasteiger partial charge is 0.314 e. The first-order valence-electron chi connectivity index (χ1n) is 8.17. The van der Waals surface area contributed by atoms with Crippen molar-refractivity contribution in [2.45, 2.75) is 19.4 Å². The summed E-state index contributed by atoms with van der Waals surface area (Å²) in [5, 5.41) is 8.60. The summed E-state index contributed by atoms with van der Waals surface area (Å²) in [6.45, 7) is 2.17. The van der Waals surface area contributed by atoms with Crippen LogP contribution in [0.15, 0.2) is 43.0 Å². The lowest BCUT2D eigenvalue weighted by Gasteiger charge is -2.09. The van der Waals surface area contributed by atoms with Gasteiger partial charge >= 0.3 is 6.03 Å². The summed E-state index contributed by atoms with van der Waals surface area (Å²) in [4.78, 5) is 27.5. The zero-order valence-electron chi connectivity index (χ0n) is 13.9. The van der Waals surface area contributed by atoms with Gasteiger partial charge in [-0.05, 0) is 25.0 Å². The second-order valence-electron chi connectivity index (χ2n) is 5.43. The first kappa shape index (κ1) is 18.8. The van der Waals surface area contributed by atoms with Crippen LogP contribution in [-0.2, 0) is 6.54 Å². The lowest BCUT2D eigenvalue weighted by molar-refractivity contribution is 0.0954. The van der Waals surface area contributed by atoms with Crippen LogP contribution < -0.4 is 16.0 Å². The van der Waals surface area contributed by atoms with E-state index in [0.29, 0.717) is 30.2 Å². The fraction of sp³-hybridized carbons (Fsp3) is 0.353. The van der Waals surface area contributed by atoms with E-state index in [-0.39, 0.29) is 11.9 Å². The van der Waals surface area contributed by atoms with Gasteiger partial charge < -0.3 is 20.5 Å². The molecule has 25 heavy (non-hydrogen) atoms. The zero-order chi connectivity index (χ0) is 17.9. The molecule has 0 bridgehead atoms. The van der Waals surface area contributed by atoms with Crippen molar-refractivity contribution in [1.82, 2.24) is 25.5 Å². The maximum atomic E-state index is 11.9. The maximum Gasteiger partial charge on any atom is 0.314 e. The van der Waals surface area contributed by atoms with Gasteiger partial charge in [0.25, 0.3) is 5.91 Å². The quantitative estimate of drug-likeness (QED) is 0.596. The van der Waals surface area contributed by atoms with Gasteiger partial charge in [0.2, 0.25) is 0 Å². The molecular weight excluding hydrogens is 342 g/mol. The summed E-state index contributed by atoms with van der Waals surface area (Å²) < 4.78 is 2.00. The Hall–Kier alpha value is -2.54. The van der Waals surface area contributed by atoms with Crippen molar-refractivity contribution in [1.29, 1.82) is 0 Å². The number of unbranched alkanes of at least 4 members (excludes halogenated alkanes) is 1. The predicted molar refractivity (Wildman–Crippen MR) is 96.6 cm³/mol. The number of carbonyl (C=O) groups is 2. The Labute approximate surface area is 151 Å². The largest absolute Gasteiger partial charge is 0.350 e. The van der Waals surface area contributed by atoms with Gasteiger partial charge in [0.1, 0.15) is 0 Å². The third kappa shape index (κ3) is 6.84. The molecular formula is C17H22ClN5O2. The summed E-state index contributed by atoms with van der Waals surface area (Å²) in [6.07, 6.45) is 7.28. The second kappa shape index (κ2) is 10.4. The minimum Gasteiger partial charge on any atom is -0.350 e. The van der Waals surface area contributed by atoms with Crippen LogP contribution in [0.25, 0.3) is 0 Å². The molecule has 1 heterocycles. The molecule has 1 aromatic heterocycles. The predicted octanol–water partition coefficient (Wildman–Crippen LogP) is 2.05. The van der Waals surface area contributed by atoms with Crippen molar-refractivity contribution in [3.63, 3.8) is 0 Å². The van der Waals surface area contributed by atoms with Crippen molar-refractivity contribution in [3.05, 3.63) is 53.6 Å². The molecule has 3 amide bonds. The molecule has 0 aliphatic carbocycles. The number of imidazole rings is 1. The number of nitrogens with zero attached hydrogens (tertiary/aromatic N) is 2. The Bertz CT molecular complexity index is 675. The van der Waals surface area contributed by atoms with E-state index in [1.807, 2.05) is 10.8 Å². The number of carbonyl (C=O) groups excluding carboxylic acids is 2. The van der Waals surface area contributed by atoms with E-state index in [0.717, 1.165) is 19.4 Å². The number of rotatable bonds is 9. The van der Waals surface area contributed by atoms with Crippen LogP contribution in [0.2, 0.25) is 5.02 Å². The van der Waals surface area contributed by atoms with Gasteiger partial charge in [0.15, 0.2) is 0 Å². The van der Waals surface area contributed by atoms with Gasteiger partial charge in [-0.2, -0.15) is 0 Å². The molecule has 0 saturated heterocycles. The third-order valence-corrected chi connectivity index (χ3v) is 3.83. The molecule has 8 heteroatoms. The minimum atomic E-state index is -0.257. The van der Waals surface area contributed by atoms with Crippen LogP contribution in [0.4, 0.5) is 4.79 Å². The van der Waals surface area contributed by atoms with Crippen molar-refractivity contribution < 1.29 is 9.59 Å². The Balaban J connectivity index is 1.50. The maximum absolute atomic E-state index is 11.9. The lowest BCUT2D eigenvalue weighted by atomic mass is 10.2. The van der Waals surface area contributed by atoms with E-state index in [4.69, 9.17) is 11.6 Å². The number of nitrogens with one attached hydrogen (secondary N) is 3. The highest BCUT2D eigenvalue weighted by molar-refractivity contribution is 6.33. The Morgan fingerprint density at radius 1 is 1.04 bits per heavy atom. The fourth-order valence-electron chi connectivity index (χ4n) is 2.20. The number of aromatic nitrogens is 2. The SMILES string of the molecule is O=C(NCCCCn1ccnc1)NCCNC(=O)c1ccccc1Cl. The molecule has 0 unspecified atom stereocenters. The van der Waals surface area contributed by atoms with E-state index in [2.05, 4.69) is 20.9 Å². The highest BCUT2D eigenvalue weighted by atomic mass is 35.5. The second-order valence-corrected chi connectivity index (χ2v) is 5.83. The highest BCUT2D eigenvalue weighted by Crippen LogP contribution is 2.14. The molecule has 134 valence electrons. The molecule has 1 aromatic carbocycles. The van der Waals surface area contributed by atoms with Crippen molar-refractivity contribution in [2.24, 2.45) is 0 Å². The van der Waals surface area contributed by atoms with E-state index in [1.165, 1.54) is 0 Å². The number of halogens is 1. The van der Waals surface area contributed by atoms with Crippen LogP contribution in [0.3, 0.4) is 0 Å². The molecule has 0 aliphatic heterocycles. The summed E-state index contributed by atoms with van der Waals surface area (Å²) in [6, 6.07) is 6.59.